The molecule has 1 unspecified atom stereocenters. The fraction of sp³-hybridized carbons (Fsp3) is 0.474. The number of anilines is 1. The molecule has 4 aliphatic rings. The van der Waals surface area contributed by atoms with Crippen molar-refractivity contribution in [3.05, 3.63) is 93.8 Å². The van der Waals surface area contributed by atoms with Crippen molar-refractivity contribution in [3.8, 4) is 5.75 Å². The van der Waals surface area contributed by atoms with E-state index >= 15 is 0 Å². The highest BCUT2D eigenvalue weighted by Crippen LogP contribution is 2.42. The third kappa shape index (κ3) is 8.36. The number of hydrogen-bond donors (Lipinski definition) is 1. The van der Waals surface area contributed by atoms with E-state index in [9.17, 15) is 13.8 Å². The van der Waals surface area contributed by atoms with Gasteiger partial charge in [-0.3, -0.25) is 14.3 Å². The molecule has 51 heavy (non-hydrogen) atoms. The summed E-state index contributed by atoms with van der Waals surface area (Å²) >= 11 is 8.16. The number of aryl methyl sites for hydroxylation is 1. The lowest BCUT2D eigenvalue weighted by molar-refractivity contribution is 0.0133. The van der Waals surface area contributed by atoms with Crippen LogP contribution in [-0.2, 0) is 45.5 Å². The highest BCUT2D eigenvalue weighted by molar-refractivity contribution is 7.99. The van der Waals surface area contributed by atoms with Gasteiger partial charge in [-0.25, -0.2) is 4.21 Å². The molecule has 3 aliphatic heterocycles. The Kier molecular flexibility index (Phi) is 11.1. The van der Waals surface area contributed by atoms with Gasteiger partial charge >= 0.3 is 0 Å². The zero-order valence-corrected chi connectivity index (χ0v) is 31.4. The summed E-state index contributed by atoms with van der Waals surface area (Å²) in [4.78, 5) is 29.9. The number of carbonyl (C=O) groups excluding carboxylic acids is 2. The van der Waals surface area contributed by atoms with E-state index in [4.69, 9.17) is 25.8 Å². The summed E-state index contributed by atoms with van der Waals surface area (Å²) in [6, 6.07) is 13.1. The number of nitrogens with zero attached hydrogens (tertiary/aromatic N) is 3. The Bertz CT molecular complexity index is 1910. The summed E-state index contributed by atoms with van der Waals surface area (Å²) in [6.45, 7) is 4.87. The van der Waals surface area contributed by atoms with Gasteiger partial charge in [-0.2, -0.15) is 0 Å². The molecule has 0 saturated heterocycles. The number of carbonyl (C=O) groups is 2. The number of rotatable bonds is 3. The lowest BCUT2D eigenvalue weighted by Crippen LogP contribution is -2.43. The van der Waals surface area contributed by atoms with Crippen LogP contribution in [0.25, 0.3) is 0 Å². The van der Waals surface area contributed by atoms with Crippen LogP contribution in [0.5, 0.6) is 5.75 Å². The predicted octanol–water partition coefficient (Wildman–Crippen LogP) is 6.89. The summed E-state index contributed by atoms with van der Waals surface area (Å²) in [7, 11) is -1.78. The van der Waals surface area contributed by atoms with E-state index < -0.39 is 21.7 Å². The Morgan fingerprint density at radius 2 is 2.04 bits per heavy atom. The second-order valence-corrected chi connectivity index (χ2v) is 17.5. The summed E-state index contributed by atoms with van der Waals surface area (Å²) in [6.07, 6.45) is 9.42. The number of halogens is 1. The van der Waals surface area contributed by atoms with Crippen molar-refractivity contribution in [1.82, 2.24) is 9.29 Å². The number of allylic oxidation sites excluding steroid dienone is 1. The maximum Gasteiger partial charge on any atom is 0.286 e. The third-order valence-corrected chi connectivity index (χ3v) is 13.3. The lowest BCUT2D eigenvalue weighted by atomic mass is 9.70. The molecule has 1 N–H and O–H groups in total. The molecule has 7 rings (SSSR count). The standard InChI is InChI=1S/C38H45ClN4O6S2/c1-25-4-3-5-35(47-2)33-10-7-29(33)20-43-19-28-6-9-31(39)16-26(28)12-15-50-24-49-36-11-8-27(18-34(36)43)37(44)40-51(46,23-25)41-38(45)30-17-32-22-48-14-13-42(32)21-30/h3,5-6,8-9,11,16-18,21,25,29,33,35H,4,7,10,12-15,19-20,22-24H2,1-2H3,(H,40,41,44,45,46)/b5-3+/t25-,29-,33+,35-,51?/m0/s1. The molecule has 1 aliphatic carbocycles. The number of nitrogens with one attached hydrogen (secondary N) is 1. The van der Waals surface area contributed by atoms with Gasteiger partial charge in [0.15, 0.2) is 0 Å². The average Bonchev–Trinajstić information content (AvgIpc) is 3.53. The van der Waals surface area contributed by atoms with Crippen molar-refractivity contribution in [1.29, 1.82) is 0 Å². The molecule has 272 valence electrons. The number of ether oxygens (including phenoxy) is 3. The van der Waals surface area contributed by atoms with Gasteiger partial charge in [0, 0.05) is 55.0 Å². The van der Waals surface area contributed by atoms with Gasteiger partial charge in [-0.15, -0.1) is 16.1 Å². The van der Waals surface area contributed by atoms with Crippen molar-refractivity contribution in [3.63, 3.8) is 0 Å². The van der Waals surface area contributed by atoms with Crippen molar-refractivity contribution < 1.29 is 28.0 Å². The Hall–Kier alpha value is -3.29. The highest BCUT2D eigenvalue weighted by atomic mass is 35.5. The largest absolute Gasteiger partial charge is 0.481 e. The fourth-order valence-corrected chi connectivity index (χ4v) is 10.3. The molecule has 1 saturated carbocycles. The Morgan fingerprint density at radius 1 is 1.16 bits per heavy atom. The quantitative estimate of drug-likeness (QED) is 0.288. The van der Waals surface area contributed by atoms with Gasteiger partial charge < -0.3 is 23.7 Å². The minimum Gasteiger partial charge on any atom is -0.481 e. The smallest absolute Gasteiger partial charge is 0.286 e. The normalized spacial score (nSPS) is 27.6. The van der Waals surface area contributed by atoms with Crippen LogP contribution in [0.15, 0.2) is 65.2 Å². The monoisotopic (exact) mass is 752 g/mol. The molecular formula is C38H45ClN4O6S2. The maximum atomic E-state index is 14.6. The molecule has 0 spiro atoms. The molecule has 2 amide bonds. The van der Waals surface area contributed by atoms with Gasteiger partial charge in [-0.1, -0.05) is 36.7 Å². The van der Waals surface area contributed by atoms with E-state index in [0.717, 1.165) is 42.9 Å². The van der Waals surface area contributed by atoms with Crippen LogP contribution in [0, 0.1) is 17.8 Å². The maximum absolute atomic E-state index is 14.6. The first-order chi connectivity index (χ1) is 24.7. The number of thioether (sulfide) groups is 1. The Balaban J connectivity index is 1.30. The second-order valence-electron chi connectivity index (χ2n) is 14.0. The Labute approximate surface area is 309 Å². The summed E-state index contributed by atoms with van der Waals surface area (Å²) in [5.41, 5.74) is 4.63. The molecule has 0 radical (unpaired) electrons. The first-order valence-electron chi connectivity index (χ1n) is 17.6. The van der Waals surface area contributed by atoms with Gasteiger partial charge in [0.2, 0.25) is 0 Å². The fourth-order valence-electron chi connectivity index (χ4n) is 7.47. The molecule has 2 bridgehead atoms. The van der Waals surface area contributed by atoms with Crippen molar-refractivity contribution in [2.75, 3.05) is 42.6 Å². The number of methoxy groups -OCH3 is 1. The van der Waals surface area contributed by atoms with Gasteiger partial charge in [0.25, 0.3) is 11.8 Å². The SMILES string of the molecule is CO[C@H]1/C=C/C[C@H](C)CS(=O)(NC(=O)c2cc3n(c2)CCOC3)=NC(=O)c2ccc3c(c2)N(Cc2ccc(Cl)cc2CCSCO3)C[C@@H]2CC[C@H]21. The van der Waals surface area contributed by atoms with Crippen LogP contribution >= 0.6 is 23.4 Å². The van der Waals surface area contributed by atoms with Crippen LogP contribution in [0.4, 0.5) is 5.69 Å². The van der Waals surface area contributed by atoms with E-state index in [0.29, 0.717) is 66.8 Å². The summed E-state index contributed by atoms with van der Waals surface area (Å²) < 4.78 is 41.5. The van der Waals surface area contributed by atoms with E-state index in [2.05, 4.69) is 32.2 Å². The molecule has 10 nitrogen and oxygen atoms in total. The van der Waals surface area contributed by atoms with Crippen molar-refractivity contribution in [2.45, 2.75) is 58.4 Å². The first kappa shape index (κ1) is 36.1. The van der Waals surface area contributed by atoms with Gasteiger partial charge in [0.1, 0.15) is 21.6 Å². The minimum atomic E-state index is -3.54. The molecule has 4 heterocycles. The molecule has 3 aromatic rings. The summed E-state index contributed by atoms with van der Waals surface area (Å²) in [5, 5.41) is 0.706. The molecule has 13 heteroatoms. The number of amides is 2. The van der Waals surface area contributed by atoms with Crippen LogP contribution in [0.3, 0.4) is 0 Å². The molecule has 2 aromatic carbocycles. The minimum absolute atomic E-state index is 0.00590. The molecule has 5 atom stereocenters. The third-order valence-electron chi connectivity index (χ3n) is 10.3. The zero-order valence-electron chi connectivity index (χ0n) is 29.1. The van der Waals surface area contributed by atoms with Crippen molar-refractivity contribution >= 4 is 50.8 Å². The number of fused-ring (bicyclic) bond motifs is 4. The van der Waals surface area contributed by atoms with E-state index in [1.54, 1.807) is 43.3 Å². The first-order valence-corrected chi connectivity index (χ1v) is 20.8. The van der Waals surface area contributed by atoms with E-state index in [1.165, 1.54) is 11.1 Å². The number of benzene rings is 2. The Morgan fingerprint density at radius 3 is 2.84 bits per heavy atom. The van der Waals surface area contributed by atoms with Crippen LogP contribution in [-0.4, -0.2) is 64.4 Å². The van der Waals surface area contributed by atoms with Crippen molar-refractivity contribution in [2.24, 2.45) is 22.1 Å². The molecular weight excluding hydrogens is 708 g/mol. The van der Waals surface area contributed by atoms with E-state index in [1.807, 2.05) is 29.7 Å². The van der Waals surface area contributed by atoms with Crippen LogP contribution in [0.2, 0.25) is 5.02 Å². The summed E-state index contributed by atoms with van der Waals surface area (Å²) in [5.74, 6) is 1.34. The zero-order chi connectivity index (χ0) is 35.5. The number of hydrogen-bond acceptors (Lipinski definition) is 8. The van der Waals surface area contributed by atoms with Crippen LogP contribution in [0.1, 0.15) is 63.7 Å². The average molecular weight is 753 g/mol. The lowest BCUT2D eigenvalue weighted by Gasteiger charge is -2.43. The number of aromatic nitrogens is 1. The second kappa shape index (κ2) is 15.8. The predicted molar refractivity (Wildman–Crippen MR) is 202 cm³/mol. The topological polar surface area (TPSA) is 111 Å². The highest BCUT2D eigenvalue weighted by Gasteiger charge is 2.38. The van der Waals surface area contributed by atoms with Gasteiger partial charge in [-0.05, 0) is 91.0 Å². The molecule has 1 aromatic heterocycles. The molecule has 1 fully saturated rings. The van der Waals surface area contributed by atoms with Gasteiger partial charge in [0.05, 0.1) is 36.3 Å². The van der Waals surface area contributed by atoms with Crippen LogP contribution < -0.4 is 14.4 Å². The van der Waals surface area contributed by atoms with E-state index in [-0.39, 0.29) is 23.3 Å².